The Morgan fingerprint density at radius 3 is 2.25 bits per heavy atom. The second kappa shape index (κ2) is 5.42. The third-order valence-electron chi connectivity index (χ3n) is 2.44. The summed E-state index contributed by atoms with van der Waals surface area (Å²) >= 11 is 6.14. The molecule has 0 aromatic heterocycles. The molecule has 0 nitrogen and oxygen atoms in total. The van der Waals surface area contributed by atoms with Gasteiger partial charge >= 0.3 is 0 Å². The summed E-state index contributed by atoms with van der Waals surface area (Å²) in [4.78, 5) is 0. The van der Waals surface area contributed by atoms with E-state index < -0.39 is 0 Å². The van der Waals surface area contributed by atoms with Crippen LogP contribution in [-0.4, -0.2) is 5.38 Å². The summed E-state index contributed by atoms with van der Waals surface area (Å²) in [6.45, 7) is 12.3. The van der Waals surface area contributed by atoms with Gasteiger partial charge in [0.15, 0.2) is 0 Å². The molecule has 0 bridgehead atoms. The van der Waals surface area contributed by atoms with Crippen LogP contribution in [0.5, 0.6) is 0 Å². The fourth-order valence-corrected chi connectivity index (χ4v) is 1.45. The van der Waals surface area contributed by atoms with E-state index in [1.807, 2.05) is 19.1 Å². The van der Waals surface area contributed by atoms with Crippen molar-refractivity contribution in [3.63, 3.8) is 0 Å². The van der Waals surface area contributed by atoms with Gasteiger partial charge in [0.25, 0.3) is 0 Å². The Hall–Kier alpha value is -0.230. The van der Waals surface area contributed by atoms with Crippen molar-refractivity contribution in [3.05, 3.63) is 24.3 Å². The largest absolute Gasteiger partial charge is 0.118 e. The van der Waals surface area contributed by atoms with Gasteiger partial charge in [0.05, 0.1) is 5.38 Å². The van der Waals surface area contributed by atoms with Gasteiger partial charge in [0, 0.05) is 0 Å². The monoisotopic (exact) mass is 186 g/mol. The smallest absolute Gasteiger partial charge is 0.0547 e. The summed E-state index contributed by atoms with van der Waals surface area (Å²) < 4.78 is 0. The van der Waals surface area contributed by atoms with Crippen LogP contribution in [0.1, 0.15) is 27.7 Å². The molecule has 0 radical (unpaired) electrons. The SMILES string of the molecule is C=C(C)C(C)[C@@H](C)[C@@H](Cl)/C=C\C. The van der Waals surface area contributed by atoms with Crippen molar-refractivity contribution in [2.75, 3.05) is 0 Å². The van der Waals surface area contributed by atoms with Gasteiger partial charge in [-0.2, -0.15) is 0 Å². The maximum atomic E-state index is 6.14. The van der Waals surface area contributed by atoms with Crippen LogP contribution >= 0.6 is 11.6 Å². The summed E-state index contributed by atoms with van der Waals surface area (Å²) in [6, 6.07) is 0. The predicted octanol–water partition coefficient (Wildman–Crippen LogP) is 4.02. The summed E-state index contributed by atoms with van der Waals surface area (Å²) in [5.41, 5.74) is 1.21. The number of allylic oxidation sites excluding steroid dienone is 3. The molecule has 0 aliphatic carbocycles. The normalized spacial score (nSPS) is 19.1. The number of halogens is 1. The molecular weight excluding hydrogens is 168 g/mol. The third-order valence-corrected chi connectivity index (χ3v) is 2.99. The van der Waals surface area contributed by atoms with E-state index in [0.29, 0.717) is 11.8 Å². The van der Waals surface area contributed by atoms with Gasteiger partial charge in [-0.3, -0.25) is 0 Å². The Morgan fingerprint density at radius 2 is 1.92 bits per heavy atom. The third kappa shape index (κ3) is 3.44. The Balaban J connectivity index is 4.17. The molecule has 0 N–H and O–H groups in total. The zero-order valence-corrected chi connectivity index (χ0v) is 9.23. The first-order valence-electron chi connectivity index (χ1n) is 4.43. The lowest BCUT2D eigenvalue weighted by Crippen LogP contribution is -2.18. The first kappa shape index (κ1) is 11.8. The average Bonchev–Trinajstić information content (AvgIpc) is 2.02. The van der Waals surface area contributed by atoms with E-state index in [1.165, 1.54) is 5.57 Å². The molecule has 0 rings (SSSR count). The fourth-order valence-electron chi connectivity index (χ4n) is 1.08. The molecule has 0 spiro atoms. The van der Waals surface area contributed by atoms with Gasteiger partial charge in [-0.15, -0.1) is 11.6 Å². The van der Waals surface area contributed by atoms with Crippen LogP contribution in [0.3, 0.4) is 0 Å². The Labute approximate surface area is 81.3 Å². The molecule has 70 valence electrons. The molecular formula is C11H19Cl. The lowest BCUT2D eigenvalue weighted by molar-refractivity contribution is 0.451. The number of alkyl halides is 1. The highest BCUT2D eigenvalue weighted by atomic mass is 35.5. The minimum atomic E-state index is 0.127. The lowest BCUT2D eigenvalue weighted by Gasteiger charge is -2.22. The Bertz CT molecular complexity index is 170. The van der Waals surface area contributed by atoms with Gasteiger partial charge in [0.1, 0.15) is 0 Å². The number of rotatable bonds is 4. The van der Waals surface area contributed by atoms with E-state index in [4.69, 9.17) is 11.6 Å². The first-order chi connectivity index (χ1) is 5.50. The number of hydrogen-bond donors (Lipinski definition) is 0. The quantitative estimate of drug-likeness (QED) is 0.460. The minimum absolute atomic E-state index is 0.127. The molecule has 0 amide bonds. The molecule has 0 heterocycles. The first-order valence-corrected chi connectivity index (χ1v) is 4.86. The predicted molar refractivity (Wildman–Crippen MR) is 57.6 cm³/mol. The summed E-state index contributed by atoms with van der Waals surface area (Å²) in [5, 5.41) is 0.127. The summed E-state index contributed by atoms with van der Waals surface area (Å²) in [5.74, 6) is 0.948. The highest BCUT2D eigenvalue weighted by Crippen LogP contribution is 2.25. The summed E-state index contributed by atoms with van der Waals surface area (Å²) in [7, 11) is 0. The Kier molecular flexibility index (Phi) is 5.32. The van der Waals surface area contributed by atoms with E-state index >= 15 is 0 Å². The van der Waals surface area contributed by atoms with Gasteiger partial charge in [-0.1, -0.05) is 38.2 Å². The van der Waals surface area contributed by atoms with Gasteiger partial charge in [-0.25, -0.2) is 0 Å². The molecule has 0 aromatic carbocycles. The van der Waals surface area contributed by atoms with Crippen LogP contribution in [0.2, 0.25) is 0 Å². The van der Waals surface area contributed by atoms with Crippen molar-refractivity contribution in [2.45, 2.75) is 33.1 Å². The van der Waals surface area contributed by atoms with Crippen molar-refractivity contribution in [1.82, 2.24) is 0 Å². The molecule has 0 saturated heterocycles. The van der Waals surface area contributed by atoms with Gasteiger partial charge in [-0.05, 0) is 25.7 Å². The maximum Gasteiger partial charge on any atom is 0.0547 e. The molecule has 12 heavy (non-hydrogen) atoms. The molecule has 3 atom stereocenters. The number of hydrogen-bond acceptors (Lipinski definition) is 0. The second-order valence-electron chi connectivity index (χ2n) is 3.46. The van der Waals surface area contributed by atoms with Crippen LogP contribution in [-0.2, 0) is 0 Å². The van der Waals surface area contributed by atoms with E-state index in [9.17, 15) is 0 Å². The van der Waals surface area contributed by atoms with Crippen LogP contribution < -0.4 is 0 Å². The van der Waals surface area contributed by atoms with Crippen molar-refractivity contribution < 1.29 is 0 Å². The average molecular weight is 187 g/mol. The Morgan fingerprint density at radius 1 is 1.42 bits per heavy atom. The zero-order chi connectivity index (χ0) is 9.72. The molecule has 0 saturated carbocycles. The van der Waals surface area contributed by atoms with Crippen LogP contribution in [0.15, 0.2) is 24.3 Å². The lowest BCUT2D eigenvalue weighted by atomic mass is 9.87. The molecule has 0 aromatic rings. The molecule has 0 fully saturated rings. The van der Waals surface area contributed by atoms with E-state index in [1.54, 1.807) is 0 Å². The second-order valence-corrected chi connectivity index (χ2v) is 3.97. The van der Waals surface area contributed by atoms with E-state index in [2.05, 4.69) is 27.4 Å². The van der Waals surface area contributed by atoms with Crippen molar-refractivity contribution in [2.24, 2.45) is 11.8 Å². The van der Waals surface area contributed by atoms with E-state index in [0.717, 1.165) is 0 Å². The van der Waals surface area contributed by atoms with Crippen LogP contribution in [0.4, 0.5) is 0 Å². The van der Waals surface area contributed by atoms with Gasteiger partial charge < -0.3 is 0 Å². The maximum absolute atomic E-state index is 6.14. The summed E-state index contributed by atoms with van der Waals surface area (Å²) in [6.07, 6.45) is 4.03. The molecule has 1 heteroatoms. The highest BCUT2D eigenvalue weighted by Gasteiger charge is 2.18. The van der Waals surface area contributed by atoms with Crippen LogP contribution in [0, 0.1) is 11.8 Å². The van der Waals surface area contributed by atoms with Crippen LogP contribution in [0.25, 0.3) is 0 Å². The molecule has 1 unspecified atom stereocenters. The zero-order valence-electron chi connectivity index (χ0n) is 8.47. The standard InChI is InChI=1S/C11H19Cl/c1-6-7-11(12)10(5)9(4)8(2)3/h6-7,9-11H,2H2,1,3-5H3/b7-6-/t9?,10-,11+/m1/s1. The highest BCUT2D eigenvalue weighted by molar-refractivity contribution is 6.22. The topological polar surface area (TPSA) is 0 Å². The minimum Gasteiger partial charge on any atom is -0.118 e. The van der Waals surface area contributed by atoms with Crippen molar-refractivity contribution in [3.8, 4) is 0 Å². The van der Waals surface area contributed by atoms with Gasteiger partial charge in [0.2, 0.25) is 0 Å². The fraction of sp³-hybridized carbons (Fsp3) is 0.636. The molecule has 0 aliphatic heterocycles. The van der Waals surface area contributed by atoms with Crippen molar-refractivity contribution >= 4 is 11.6 Å². The van der Waals surface area contributed by atoms with E-state index in [-0.39, 0.29) is 5.38 Å². The van der Waals surface area contributed by atoms with Crippen molar-refractivity contribution in [1.29, 1.82) is 0 Å². The molecule has 0 aliphatic rings.